The fraction of sp³-hybridized carbons (Fsp3) is 0.471. The highest BCUT2D eigenvalue weighted by atomic mass is 19.1. The van der Waals surface area contributed by atoms with Crippen LogP contribution in [0.2, 0.25) is 0 Å². The van der Waals surface area contributed by atoms with E-state index in [0.29, 0.717) is 11.0 Å². The maximum Gasteiger partial charge on any atom is 0.328 e. The molecule has 1 aromatic carbocycles. The van der Waals surface area contributed by atoms with Crippen LogP contribution in [0.3, 0.4) is 0 Å². The van der Waals surface area contributed by atoms with Crippen LogP contribution in [0.5, 0.6) is 0 Å². The van der Waals surface area contributed by atoms with Crippen LogP contribution in [0.25, 0.3) is 6.08 Å². The Bertz CT molecular complexity index is 546. The Hall–Kier alpha value is -1.84. The molecule has 1 aliphatic heterocycles. The van der Waals surface area contributed by atoms with Crippen LogP contribution in [0.1, 0.15) is 38.7 Å². The first kappa shape index (κ1) is 15.5. The molecular weight excluding hydrogens is 269 g/mol. The second-order valence-electron chi connectivity index (χ2n) is 6.00. The van der Waals surface area contributed by atoms with Gasteiger partial charge < -0.3 is 10.0 Å². The summed E-state index contributed by atoms with van der Waals surface area (Å²) < 4.78 is 14.0. The number of carboxylic acid groups (broad SMARTS) is 1. The van der Waals surface area contributed by atoms with Gasteiger partial charge in [-0.05, 0) is 36.5 Å². The van der Waals surface area contributed by atoms with Crippen LogP contribution in [0.15, 0.2) is 24.3 Å². The summed E-state index contributed by atoms with van der Waals surface area (Å²) in [5.41, 5.74) is 1.51. The van der Waals surface area contributed by atoms with Crippen molar-refractivity contribution in [2.24, 2.45) is 5.41 Å². The highest BCUT2D eigenvalue weighted by Gasteiger charge is 2.29. The average Bonchev–Trinajstić information content (AvgIpc) is 2.46. The average molecular weight is 291 g/mol. The van der Waals surface area contributed by atoms with Crippen LogP contribution >= 0.6 is 0 Å². The molecule has 1 N–H and O–H groups in total. The molecule has 0 saturated carbocycles. The normalized spacial score (nSPS) is 18.1. The first-order valence-electron chi connectivity index (χ1n) is 7.40. The molecule has 1 aliphatic rings. The number of carboxylic acids is 1. The number of piperidine rings is 1. The number of rotatable bonds is 4. The number of hydrogen-bond donors (Lipinski definition) is 1. The zero-order valence-corrected chi connectivity index (χ0v) is 12.6. The van der Waals surface area contributed by atoms with Gasteiger partial charge in [-0.15, -0.1) is 0 Å². The van der Waals surface area contributed by atoms with Crippen molar-refractivity contribution in [2.75, 3.05) is 18.0 Å². The molecule has 21 heavy (non-hydrogen) atoms. The van der Waals surface area contributed by atoms with E-state index < -0.39 is 5.97 Å². The maximum atomic E-state index is 14.0. The minimum absolute atomic E-state index is 0.361. The molecule has 1 saturated heterocycles. The van der Waals surface area contributed by atoms with Gasteiger partial charge in [0.05, 0.1) is 0 Å². The van der Waals surface area contributed by atoms with Gasteiger partial charge in [0.1, 0.15) is 5.82 Å². The number of hydrogen-bond acceptors (Lipinski definition) is 2. The van der Waals surface area contributed by atoms with E-state index in [2.05, 4.69) is 18.7 Å². The first-order valence-corrected chi connectivity index (χ1v) is 7.40. The fourth-order valence-corrected chi connectivity index (χ4v) is 2.76. The van der Waals surface area contributed by atoms with E-state index in [1.165, 1.54) is 12.1 Å². The predicted molar refractivity (Wildman–Crippen MR) is 82.9 cm³/mol. The number of aliphatic carboxylic acids is 1. The predicted octanol–water partition coefficient (Wildman–Crippen LogP) is 3.94. The first-order chi connectivity index (χ1) is 9.95. The van der Waals surface area contributed by atoms with Gasteiger partial charge >= 0.3 is 5.97 Å². The number of halogens is 1. The van der Waals surface area contributed by atoms with Crippen molar-refractivity contribution < 1.29 is 14.3 Å². The van der Waals surface area contributed by atoms with E-state index in [1.54, 1.807) is 6.07 Å². The van der Waals surface area contributed by atoms with Crippen molar-refractivity contribution in [3.8, 4) is 0 Å². The van der Waals surface area contributed by atoms with Crippen molar-refractivity contribution in [3.63, 3.8) is 0 Å². The molecule has 0 aromatic heterocycles. The monoisotopic (exact) mass is 291 g/mol. The molecule has 0 atom stereocenters. The summed E-state index contributed by atoms with van der Waals surface area (Å²) in [5.74, 6) is -1.45. The summed E-state index contributed by atoms with van der Waals surface area (Å²) >= 11 is 0. The molecule has 4 heteroatoms. The Balaban J connectivity index is 2.25. The van der Waals surface area contributed by atoms with Gasteiger partial charge in [-0.1, -0.05) is 26.3 Å². The summed E-state index contributed by atoms with van der Waals surface area (Å²) in [6.45, 7) is 6.25. The van der Waals surface area contributed by atoms with Gasteiger partial charge in [-0.2, -0.15) is 0 Å². The third-order valence-corrected chi connectivity index (χ3v) is 4.59. The minimum Gasteiger partial charge on any atom is -0.478 e. The minimum atomic E-state index is -1.07. The van der Waals surface area contributed by atoms with E-state index in [4.69, 9.17) is 5.11 Å². The van der Waals surface area contributed by atoms with Crippen molar-refractivity contribution >= 4 is 17.7 Å². The molecule has 0 bridgehead atoms. The summed E-state index contributed by atoms with van der Waals surface area (Å²) in [7, 11) is 0. The van der Waals surface area contributed by atoms with Gasteiger partial charge in [-0.25, -0.2) is 9.18 Å². The highest BCUT2D eigenvalue weighted by molar-refractivity contribution is 5.87. The standard InChI is InChI=1S/C17H22FNO2/c1-3-17(2)9-11-19(12-10-17)15-6-4-5-14(18)13(15)7-8-16(20)21/h4-8H,3,9-12H2,1-2H3,(H,20,21)/b8-7+. The molecule has 1 heterocycles. The van der Waals surface area contributed by atoms with Crippen LogP contribution in [0, 0.1) is 11.2 Å². The third-order valence-electron chi connectivity index (χ3n) is 4.59. The third kappa shape index (κ3) is 3.63. The quantitative estimate of drug-likeness (QED) is 0.854. The van der Waals surface area contributed by atoms with Gasteiger partial charge in [-0.3, -0.25) is 0 Å². The molecule has 0 spiro atoms. The lowest BCUT2D eigenvalue weighted by Gasteiger charge is -2.40. The van der Waals surface area contributed by atoms with E-state index in [1.807, 2.05) is 6.07 Å². The topological polar surface area (TPSA) is 40.5 Å². The van der Waals surface area contributed by atoms with Gasteiger partial charge in [0.15, 0.2) is 0 Å². The molecule has 1 aromatic rings. The van der Waals surface area contributed by atoms with Crippen molar-refractivity contribution in [1.82, 2.24) is 0 Å². The molecule has 0 unspecified atom stereocenters. The summed E-state index contributed by atoms with van der Waals surface area (Å²) in [4.78, 5) is 12.8. The van der Waals surface area contributed by atoms with E-state index >= 15 is 0 Å². The Morgan fingerprint density at radius 1 is 1.43 bits per heavy atom. The lowest BCUT2D eigenvalue weighted by Crippen LogP contribution is -2.38. The molecule has 0 aliphatic carbocycles. The Morgan fingerprint density at radius 3 is 2.67 bits per heavy atom. The molecule has 0 radical (unpaired) electrons. The molecule has 2 rings (SSSR count). The lowest BCUT2D eigenvalue weighted by molar-refractivity contribution is -0.131. The van der Waals surface area contributed by atoms with Crippen molar-refractivity contribution in [1.29, 1.82) is 0 Å². The molecule has 114 valence electrons. The van der Waals surface area contributed by atoms with Gasteiger partial charge in [0.2, 0.25) is 0 Å². The van der Waals surface area contributed by atoms with Crippen molar-refractivity contribution in [2.45, 2.75) is 33.1 Å². The Labute approximate surface area is 125 Å². The summed E-state index contributed by atoms with van der Waals surface area (Å²) in [5, 5.41) is 8.74. The second kappa shape index (κ2) is 6.29. The van der Waals surface area contributed by atoms with Gasteiger partial charge in [0.25, 0.3) is 0 Å². The van der Waals surface area contributed by atoms with Crippen molar-refractivity contribution in [3.05, 3.63) is 35.7 Å². The Morgan fingerprint density at radius 2 is 2.10 bits per heavy atom. The molecular formula is C17H22FNO2. The summed E-state index contributed by atoms with van der Waals surface area (Å²) in [6.07, 6.45) is 5.63. The van der Waals surface area contributed by atoms with Crippen LogP contribution in [-0.4, -0.2) is 24.2 Å². The van der Waals surface area contributed by atoms with Crippen LogP contribution < -0.4 is 4.90 Å². The maximum absolute atomic E-state index is 14.0. The zero-order valence-electron chi connectivity index (χ0n) is 12.6. The largest absolute Gasteiger partial charge is 0.478 e. The number of benzene rings is 1. The number of anilines is 1. The Kier molecular flexibility index (Phi) is 4.66. The van der Waals surface area contributed by atoms with E-state index in [-0.39, 0.29) is 5.82 Å². The van der Waals surface area contributed by atoms with Crippen LogP contribution in [-0.2, 0) is 4.79 Å². The lowest BCUT2D eigenvalue weighted by atomic mass is 9.78. The fourth-order valence-electron chi connectivity index (χ4n) is 2.76. The van der Waals surface area contributed by atoms with Crippen LogP contribution in [0.4, 0.5) is 10.1 Å². The van der Waals surface area contributed by atoms with E-state index in [9.17, 15) is 9.18 Å². The van der Waals surface area contributed by atoms with E-state index in [0.717, 1.165) is 44.1 Å². The number of nitrogens with zero attached hydrogens (tertiary/aromatic N) is 1. The van der Waals surface area contributed by atoms with Gasteiger partial charge in [0, 0.05) is 30.4 Å². The molecule has 3 nitrogen and oxygen atoms in total. The second-order valence-corrected chi connectivity index (χ2v) is 6.00. The number of carbonyl (C=O) groups is 1. The summed E-state index contributed by atoms with van der Waals surface area (Å²) in [6, 6.07) is 4.90. The molecule has 1 fully saturated rings. The highest BCUT2D eigenvalue weighted by Crippen LogP contribution is 2.37. The molecule has 0 amide bonds. The smallest absolute Gasteiger partial charge is 0.328 e. The SMILES string of the molecule is CCC1(C)CCN(c2cccc(F)c2/C=C/C(=O)O)CC1. The zero-order chi connectivity index (χ0) is 15.5.